The van der Waals surface area contributed by atoms with E-state index in [-0.39, 0.29) is 17.3 Å². The third-order valence-corrected chi connectivity index (χ3v) is 3.62. The maximum absolute atomic E-state index is 8.74. The largest absolute Gasteiger partial charge is 0.497 e. The standard InChI is InChI=1S/C15H25N3O2/c1-11(12-5-7-13(20-4)8-6-12)17-10-9-15(2,3)14(16)18-19/h5-8,11,17,19H,9-10H2,1-4H3,(H2,16,18)/t11-/m1/s1. The summed E-state index contributed by atoms with van der Waals surface area (Å²) in [6, 6.07) is 8.24. The van der Waals surface area contributed by atoms with E-state index in [9.17, 15) is 0 Å². The van der Waals surface area contributed by atoms with Gasteiger partial charge in [-0.1, -0.05) is 31.1 Å². The van der Waals surface area contributed by atoms with Crippen molar-refractivity contribution in [3.05, 3.63) is 29.8 Å². The van der Waals surface area contributed by atoms with Crippen molar-refractivity contribution in [1.82, 2.24) is 5.32 Å². The molecule has 0 aliphatic carbocycles. The highest BCUT2D eigenvalue weighted by atomic mass is 16.5. The zero-order chi connectivity index (χ0) is 15.2. The Labute approximate surface area is 120 Å². The van der Waals surface area contributed by atoms with Crippen LogP contribution in [0.1, 0.15) is 38.8 Å². The van der Waals surface area contributed by atoms with E-state index in [0.29, 0.717) is 0 Å². The van der Waals surface area contributed by atoms with Gasteiger partial charge in [-0.3, -0.25) is 0 Å². The molecular weight excluding hydrogens is 254 g/mol. The lowest BCUT2D eigenvalue weighted by Crippen LogP contribution is -2.35. The van der Waals surface area contributed by atoms with Gasteiger partial charge in [-0.2, -0.15) is 0 Å². The highest BCUT2D eigenvalue weighted by molar-refractivity contribution is 5.85. The van der Waals surface area contributed by atoms with Gasteiger partial charge in [-0.25, -0.2) is 0 Å². The maximum atomic E-state index is 8.74. The lowest BCUT2D eigenvalue weighted by Gasteiger charge is -2.24. The Morgan fingerprint density at radius 2 is 2.00 bits per heavy atom. The Balaban J connectivity index is 2.49. The molecule has 1 aromatic carbocycles. The van der Waals surface area contributed by atoms with Crippen LogP contribution in [0, 0.1) is 5.41 Å². The van der Waals surface area contributed by atoms with E-state index in [1.807, 2.05) is 38.1 Å². The number of hydrogen-bond donors (Lipinski definition) is 3. The fraction of sp³-hybridized carbons (Fsp3) is 0.533. The monoisotopic (exact) mass is 279 g/mol. The number of methoxy groups -OCH3 is 1. The average molecular weight is 279 g/mol. The molecular formula is C15H25N3O2. The fourth-order valence-electron chi connectivity index (χ4n) is 1.88. The Bertz CT molecular complexity index is 441. The molecule has 0 radical (unpaired) electrons. The molecule has 0 fully saturated rings. The first-order valence-electron chi connectivity index (χ1n) is 6.76. The van der Waals surface area contributed by atoms with E-state index in [4.69, 9.17) is 15.7 Å². The molecule has 4 N–H and O–H groups in total. The van der Waals surface area contributed by atoms with Crippen LogP contribution in [0.15, 0.2) is 29.4 Å². The molecule has 0 heterocycles. The number of hydrogen-bond acceptors (Lipinski definition) is 4. The Hall–Kier alpha value is -1.75. The van der Waals surface area contributed by atoms with Crippen LogP contribution in [-0.2, 0) is 0 Å². The summed E-state index contributed by atoms with van der Waals surface area (Å²) in [5.41, 5.74) is 6.55. The minimum absolute atomic E-state index is 0.240. The summed E-state index contributed by atoms with van der Waals surface area (Å²) in [4.78, 5) is 0. The summed E-state index contributed by atoms with van der Waals surface area (Å²) in [5.74, 6) is 1.12. The van der Waals surface area contributed by atoms with Crippen LogP contribution in [0.25, 0.3) is 0 Å². The lowest BCUT2D eigenvalue weighted by molar-refractivity contribution is 0.304. The minimum Gasteiger partial charge on any atom is -0.497 e. The van der Waals surface area contributed by atoms with Gasteiger partial charge in [0, 0.05) is 11.5 Å². The molecule has 112 valence electrons. The molecule has 0 saturated heterocycles. The van der Waals surface area contributed by atoms with E-state index >= 15 is 0 Å². The van der Waals surface area contributed by atoms with Gasteiger partial charge in [-0.15, -0.1) is 0 Å². The van der Waals surface area contributed by atoms with Crippen LogP contribution < -0.4 is 15.8 Å². The van der Waals surface area contributed by atoms with Crippen molar-refractivity contribution in [2.45, 2.75) is 33.2 Å². The maximum Gasteiger partial charge on any atom is 0.144 e. The number of benzene rings is 1. The highest BCUT2D eigenvalue weighted by Gasteiger charge is 2.23. The molecule has 0 saturated carbocycles. The van der Waals surface area contributed by atoms with Gasteiger partial charge in [0.1, 0.15) is 11.6 Å². The second kappa shape index (κ2) is 7.14. The number of oxime groups is 1. The molecule has 5 nitrogen and oxygen atoms in total. The van der Waals surface area contributed by atoms with E-state index in [2.05, 4.69) is 17.4 Å². The molecule has 5 heteroatoms. The van der Waals surface area contributed by atoms with E-state index in [1.165, 1.54) is 5.56 Å². The van der Waals surface area contributed by atoms with Gasteiger partial charge in [-0.05, 0) is 37.6 Å². The molecule has 0 aliphatic heterocycles. The van der Waals surface area contributed by atoms with Crippen molar-refractivity contribution in [3.63, 3.8) is 0 Å². The molecule has 0 spiro atoms. The topological polar surface area (TPSA) is 79.9 Å². The van der Waals surface area contributed by atoms with Gasteiger partial charge in [0.05, 0.1) is 7.11 Å². The Morgan fingerprint density at radius 1 is 1.40 bits per heavy atom. The summed E-state index contributed by atoms with van der Waals surface area (Å²) in [6.45, 7) is 6.82. The zero-order valence-corrected chi connectivity index (χ0v) is 12.7. The molecule has 0 unspecified atom stereocenters. The van der Waals surface area contributed by atoms with Crippen molar-refractivity contribution < 1.29 is 9.94 Å². The van der Waals surface area contributed by atoms with Gasteiger partial charge in [0.25, 0.3) is 0 Å². The van der Waals surface area contributed by atoms with Crippen molar-refractivity contribution in [1.29, 1.82) is 0 Å². The van der Waals surface area contributed by atoms with Crippen LogP contribution in [0.5, 0.6) is 5.75 Å². The van der Waals surface area contributed by atoms with E-state index < -0.39 is 0 Å². The molecule has 1 atom stereocenters. The molecule has 0 bridgehead atoms. The van der Waals surface area contributed by atoms with Crippen molar-refractivity contribution in [3.8, 4) is 5.75 Å². The molecule has 1 aromatic rings. The summed E-state index contributed by atoms with van der Waals surface area (Å²) >= 11 is 0. The molecule has 0 aliphatic rings. The predicted molar refractivity (Wildman–Crippen MR) is 81.2 cm³/mol. The third kappa shape index (κ3) is 4.42. The molecule has 20 heavy (non-hydrogen) atoms. The van der Waals surface area contributed by atoms with E-state index in [1.54, 1.807) is 7.11 Å². The van der Waals surface area contributed by atoms with Gasteiger partial charge < -0.3 is 21.0 Å². The van der Waals surface area contributed by atoms with Crippen LogP contribution in [0.3, 0.4) is 0 Å². The zero-order valence-electron chi connectivity index (χ0n) is 12.7. The Kier molecular flexibility index (Phi) is 5.82. The van der Waals surface area contributed by atoms with E-state index in [0.717, 1.165) is 18.7 Å². The Morgan fingerprint density at radius 3 is 2.50 bits per heavy atom. The van der Waals surface area contributed by atoms with Gasteiger partial charge in [0.2, 0.25) is 0 Å². The average Bonchev–Trinajstić information content (AvgIpc) is 2.46. The SMILES string of the molecule is COc1ccc([C@@H](C)NCCC(C)(C)/C(N)=N/O)cc1. The first-order valence-corrected chi connectivity index (χ1v) is 6.76. The molecule has 0 aromatic heterocycles. The summed E-state index contributed by atoms with van der Waals surface area (Å²) in [7, 11) is 1.66. The number of nitrogens with two attached hydrogens (primary N) is 1. The predicted octanol–water partition coefficient (Wildman–Crippen LogP) is 2.51. The lowest BCUT2D eigenvalue weighted by atomic mass is 9.88. The summed E-state index contributed by atoms with van der Waals surface area (Å²) in [6.07, 6.45) is 0.795. The van der Waals surface area contributed by atoms with Crippen LogP contribution >= 0.6 is 0 Å². The minimum atomic E-state index is -0.318. The summed E-state index contributed by atoms with van der Waals surface area (Å²) < 4.78 is 5.14. The molecule has 1 rings (SSSR count). The number of rotatable bonds is 7. The summed E-state index contributed by atoms with van der Waals surface area (Å²) in [5, 5.41) is 15.3. The number of nitrogens with one attached hydrogen (secondary N) is 1. The molecule has 0 amide bonds. The third-order valence-electron chi connectivity index (χ3n) is 3.62. The number of amidine groups is 1. The van der Waals surface area contributed by atoms with Gasteiger partial charge >= 0.3 is 0 Å². The first-order chi connectivity index (χ1) is 9.40. The van der Waals surface area contributed by atoms with Crippen LogP contribution in [0.4, 0.5) is 0 Å². The second-order valence-electron chi connectivity index (χ2n) is 5.57. The van der Waals surface area contributed by atoms with Crippen molar-refractivity contribution in [2.24, 2.45) is 16.3 Å². The second-order valence-corrected chi connectivity index (χ2v) is 5.57. The van der Waals surface area contributed by atoms with Crippen molar-refractivity contribution in [2.75, 3.05) is 13.7 Å². The quantitative estimate of drug-likeness (QED) is 0.310. The van der Waals surface area contributed by atoms with Crippen LogP contribution in [-0.4, -0.2) is 24.7 Å². The normalized spacial score (nSPS) is 14.1. The smallest absolute Gasteiger partial charge is 0.144 e. The number of ether oxygens (including phenoxy) is 1. The van der Waals surface area contributed by atoms with Crippen molar-refractivity contribution >= 4 is 5.84 Å². The first kappa shape index (κ1) is 16.3. The van der Waals surface area contributed by atoms with Crippen LogP contribution in [0.2, 0.25) is 0 Å². The highest BCUT2D eigenvalue weighted by Crippen LogP contribution is 2.21. The fourth-order valence-corrected chi connectivity index (χ4v) is 1.88. The van der Waals surface area contributed by atoms with Gasteiger partial charge in [0.15, 0.2) is 0 Å². The number of nitrogens with zero attached hydrogens (tertiary/aromatic N) is 1.